The number of carboxylic acid groups (broad SMARTS) is 1. The molecule has 0 aliphatic heterocycles. The van der Waals surface area contributed by atoms with Crippen LogP contribution in [0.4, 0.5) is 5.69 Å². The molecular weight excluding hydrogens is 947 g/mol. The summed E-state index contributed by atoms with van der Waals surface area (Å²) in [5.41, 5.74) is 3.11. The summed E-state index contributed by atoms with van der Waals surface area (Å²) in [6.07, 6.45) is 8.65. The number of terminal acetylenes is 1. The third-order valence-electron chi connectivity index (χ3n) is 7.70. The van der Waals surface area contributed by atoms with Crippen LogP contribution >= 0.6 is 65.6 Å². The number of hydrogen-bond donors (Lipinski definition) is 4. The van der Waals surface area contributed by atoms with Crippen LogP contribution in [-0.4, -0.2) is 110 Å². The highest BCUT2D eigenvalue weighted by Crippen LogP contribution is 2.34. The van der Waals surface area contributed by atoms with Gasteiger partial charge in [-0.1, -0.05) is 110 Å². The molecule has 22 heteroatoms. The van der Waals surface area contributed by atoms with E-state index in [-0.39, 0.29) is 40.4 Å². The van der Waals surface area contributed by atoms with Gasteiger partial charge in [0.1, 0.15) is 18.2 Å². The number of hydrogen-bond acceptors (Lipinski definition) is 10. The Morgan fingerprint density at radius 3 is 2.17 bits per heavy atom. The van der Waals surface area contributed by atoms with E-state index >= 15 is 0 Å². The van der Waals surface area contributed by atoms with Gasteiger partial charge in [-0.2, -0.15) is 4.68 Å². The highest BCUT2D eigenvalue weighted by Gasteiger charge is 2.26. The third-order valence-corrected chi connectivity index (χ3v) is 9.53. The number of carboxylic acids is 1. The zero-order valence-electron chi connectivity index (χ0n) is 36.1. The number of aryl methyl sites for hydroxylation is 2. The second-order valence-electron chi connectivity index (χ2n) is 14.0. The first kappa shape index (κ1) is 59.1. The van der Waals surface area contributed by atoms with Crippen molar-refractivity contribution in [1.29, 1.82) is 0 Å². The van der Waals surface area contributed by atoms with Crippen molar-refractivity contribution in [1.82, 2.24) is 20.0 Å². The lowest BCUT2D eigenvalue weighted by molar-refractivity contribution is -0.136. The number of benzene rings is 2. The van der Waals surface area contributed by atoms with Crippen molar-refractivity contribution < 1.29 is 47.7 Å². The van der Waals surface area contributed by atoms with Gasteiger partial charge in [-0.3, -0.25) is 24.3 Å². The summed E-state index contributed by atoms with van der Waals surface area (Å²) in [5, 5.41) is 14.8. The van der Waals surface area contributed by atoms with Crippen molar-refractivity contribution >= 4 is 89.1 Å². The molecule has 3 aromatic rings. The van der Waals surface area contributed by atoms with Crippen LogP contribution in [0.15, 0.2) is 64.9 Å². The first-order valence-corrected chi connectivity index (χ1v) is 22.7. The average Bonchev–Trinajstić information content (AvgIpc) is 3.59. The monoisotopic (exact) mass is 999 g/mol. The van der Waals surface area contributed by atoms with Gasteiger partial charge in [0.05, 0.1) is 46.9 Å². The molecule has 0 radical (unpaired) electrons. The van der Waals surface area contributed by atoms with E-state index in [1.807, 2.05) is 46.8 Å². The molecule has 1 atom stereocenters. The topological polar surface area (TPSA) is 214 Å². The highest BCUT2D eigenvalue weighted by molar-refractivity contribution is 7.51. The van der Waals surface area contributed by atoms with Crippen LogP contribution in [0.25, 0.3) is 5.69 Å². The Labute approximate surface area is 393 Å². The van der Waals surface area contributed by atoms with Gasteiger partial charge in [0.15, 0.2) is 4.84 Å². The quantitative estimate of drug-likeness (QED) is 0.0424. The van der Waals surface area contributed by atoms with Gasteiger partial charge in [-0.15, -0.1) is 36.3 Å². The number of nitrogens with zero attached hydrogens (tertiary/aromatic N) is 4. The van der Waals surface area contributed by atoms with E-state index in [0.717, 1.165) is 27.9 Å². The third kappa shape index (κ3) is 21.6. The SMILES string of the molecule is C#CCOc1cc(-n2nc(C(C)(C)C)oc2=O)c(Cl)cc1Cl.C=CCN(CC=C)C(=O)C(Cl)Cl.CCc1cccc(C)c1N(C(=O)CCl)C(C)COC.O=C(O)CNCP(=O)(O)O. The van der Waals surface area contributed by atoms with E-state index in [4.69, 9.17) is 93.2 Å². The molecule has 350 valence electrons. The second kappa shape index (κ2) is 29.6. The number of carbonyl (C=O) groups excluding carboxylic acids is 2. The van der Waals surface area contributed by atoms with Gasteiger partial charge in [0.2, 0.25) is 11.8 Å². The standard InChI is InChI=1S/C15H14Cl2N2O3.C15H22ClNO2.C8H11Cl2NO.C3H8NO5P/c1-5-6-21-12-8-11(9(16)7-10(12)17)19-14(20)22-13(18-19)15(2,3)4;1-5-13-8-6-7-11(2)15(13)17(14(18)9-16)12(3)10-19-4;1-3-5-11(6-4-2)8(12)7(9)10;5-3(6)1-4-2-10(7,8)9/h1,7-8H,6H2,2-4H3;6-8,12H,5,9-10H2,1-4H3;3-4,7H,1-2,5-6H2;4H,1-2H2,(H,5,6)(H2,7,8,9). The van der Waals surface area contributed by atoms with Gasteiger partial charge >= 0.3 is 19.3 Å². The normalized spacial score (nSPS) is 11.3. The van der Waals surface area contributed by atoms with Gasteiger partial charge in [0, 0.05) is 31.7 Å². The molecule has 0 spiro atoms. The van der Waals surface area contributed by atoms with Gasteiger partial charge < -0.3 is 38.6 Å². The molecule has 0 saturated heterocycles. The largest absolute Gasteiger partial charge is 0.480 e. The Morgan fingerprint density at radius 1 is 1.13 bits per heavy atom. The van der Waals surface area contributed by atoms with Crippen molar-refractivity contribution in [2.24, 2.45) is 0 Å². The van der Waals surface area contributed by atoms with E-state index in [1.54, 1.807) is 24.2 Å². The number of carbonyl (C=O) groups is 3. The first-order valence-electron chi connectivity index (χ1n) is 18.7. The fourth-order valence-electron chi connectivity index (χ4n) is 4.98. The van der Waals surface area contributed by atoms with Crippen molar-refractivity contribution in [2.75, 3.05) is 57.0 Å². The van der Waals surface area contributed by atoms with Crippen molar-refractivity contribution in [3.63, 3.8) is 0 Å². The lowest BCUT2D eigenvalue weighted by atomic mass is 9.97. The van der Waals surface area contributed by atoms with E-state index in [1.165, 1.54) is 17.0 Å². The molecule has 3 rings (SSSR count). The van der Waals surface area contributed by atoms with Crippen LogP contribution in [0.5, 0.6) is 5.75 Å². The number of nitrogens with one attached hydrogen (secondary N) is 1. The number of anilines is 1. The minimum atomic E-state index is -4.10. The molecule has 1 heterocycles. The van der Waals surface area contributed by atoms with E-state index in [0.29, 0.717) is 37.0 Å². The molecule has 0 saturated carbocycles. The van der Waals surface area contributed by atoms with Crippen LogP contribution in [-0.2, 0) is 35.5 Å². The Balaban J connectivity index is 0.000000855. The maximum atomic E-state index is 12.2. The van der Waals surface area contributed by atoms with E-state index in [2.05, 4.69) is 42.5 Å². The van der Waals surface area contributed by atoms with Crippen molar-refractivity contribution in [2.45, 2.75) is 64.3 Å². The molecule has 0 aliphatic carbocycles. The fraction of sp³-hybridized carbons (Fsp3) is 0.439. The van der Waals surface area contributed by atoms with Gasteiger partial charge in [0.25, 0.3) is 5.91 Å². The molecule has 1 aromatic heterocycles. The fourth-order valence-corrected chi connectivity index (χ4v) is 6.30. The van der Waals surface area contributed by atoms with Crippen LogP contribution in [0, 0.1) is 19.3 Å². The number of aliphatic carboxylic acids is 1. The number of methoxy groups -OCH3 is 1. The maximum absolute atomic E-state index is 12.2. The summed E-state index contributed by atoms with van der Waals surface area (Å²) in [6, 6.07) is 9.00. The molecule has 4 N–H and O–H groups in total. The zero-order chi connectivity index (χ0) is 48.7. The highest BCUT2D eigenvalue weighted by atomic mass is 35.5. The Bertz CT molecular complexity index is 2100. The zero-order valence-corrected chi connectivity index (χ0v) is 40.8. The number of para-hydroxylation sites is 1. The smallest absolute Gasteiger partial charge is 0.442 e. The predicted octanol–water partition coefficient (Wildman–Crippen LogP) is 7.39. The van der Waals surface area contributed by atoms with Crippen LogP contribution in [0.2, 0.25) is 10.0 Å². The lowest BCUT2D eigenvalue weighted by Gasteiger charge is -2.31. The number of halogens is 5. The summed E-state index contributed by atoms with van der Waals surface area (Å²) in [6.45, 7) is 19.7. The first-order chi connectivity index (χ1) is 29.3. The number of aromatic nitrogens is 2. The van der Waals surface area contributed by atoms with Crippen LogP contribution in [0.1, 0.15) is 51.6 Å². The summed E-state index contributed by atoms with van der Waals surface area (Å²) in [5.74, 6) is 0.730. The number of ether oxygens (including phenoxy) is 2. The molecule has 0 fully saturated rings. The van der Waals surface area contributed by atoms with Crippen molar-refractivity contribution in [3.8, 4) is 23.8 Å². The number of amides is 2. The van der Waals surface area contributed by atoms with E-state index in [9.17, 15) is 23.7 Å². The summed E-state index contributed by atoms with van der Waals surface area (Å²) < 4.78 is 26.8. The number of alkyl halides is 3. The second-order valence-corrected chi connectivity index (χ2v) is 17.8. The summed E-state index contributed by atoms with van der Waals surface area (Å²) in [4.78, 5) is 63.8. The molecule has 1 unspecified atom stereocenters. The average molecular weight is 1000 g/mol. The van der Waals surface area contributed by atoms with E-state index < -0.39 is 42.4 Å². The molecule has 2 aromatic carbocycles. The van der Waals surface area contributed by atoms with Crippen LogP contribution in [0.3, 0.4) is 0 Å². The van der Waals surface area contributed by atoms with Gasteiger partial charge in [-0.25, -0.2) is 4.79 Å². The summed E-state index contributed by atoms with van der Waals surface area (Å²) in [7, 11) is -2.46. The molecular formula is C41H55Cl5N5O11P. The maximum Gasteiger partial charge on any atom is 0.442 e. The Morgan fingerprint density at radius 2 is 1.73 bits per heavy atom. The number of rotatable bonds is 18. The summed E-state index contributed by atoms with van der Waals surface area (Å²) >= 11 is 28.7. The minimum absolute atomic E-state index is 0.0223. The molecule has 2 amide bonds. The van der Waals surface area contributed by atoms with Crippen LogP contribution < -0.4 is 20.7 Å². The molecule has 0 bridgehead atoms. The molecule has 0 aliphatic rings. The molecule has 16 nitrogen and oxygen atoms in total. The predicted molar refractivity (Wildman–Crippen MR) is 250 cm³/mol. The lowest BCUT2D eigenvalue weighted by Crippen LogP contribution is -2.43. The Hall–Kier alpha value is -3.85. The Kier molecular flexibility index (Phi) is 27.8. The van der Waals surface area contributed by atoms with Crippen molar-refractivity contribution in [3.05, 3.63) is 93.3 Å². The molecule has 63 heavy (non-hydrogen) atoms. The minimum Gasteiger partial charge on any atom is -0.480 e. The van der Waals surface area contributed by atoms with Gasteiger partial charge in [-0.05, 0) is 37.5 Å².